The average Bonchev–Trinajstić information content (AvgIpc) is 2.79. The lowest BCUT2D eigenvalue weighted by Crippen LogP contribution is -2.51. The summed E-state index contributed by atoms with van der Waals surface area (Å²) < 4.78 is 0. The number of thiophene rings is 1. The molecule has 1 aliphatic rings. The smallest absolute Gasteiger partial charge is 0.244 e. The van der Waals surface area contributed by atoms with E-state index in [9.17, 15) is 4.79 Å². The fourth-order valence-electron chi connectivity index (χ4n) is 1.99. The predicted octanol–water partition coefficient (Wildman–Crippen LogP) is 2.02. The van der Waals surface area contributed by atoms with Crippen LogP contribution in [0.15, 0.2) is 23.6 Å². The van der Waals surface area contributed by atoms with E-state index in [4.69, 9.17) is 0 Å². The van der Waals surface area contributed by atoms with Crippen LogP contribution < -0.4 is 10.6 Å². The third-order valence-electron chi connectivity index (χ3n) is 3.07. The molecule has 1 amide bonds. The van der Waals surface area contributed by atoms with E-state index in [1.54, 1.807) is 17.4 Å². The zero-order chi connectivity index (χ0) is 12.1. The van der Waals surface area contributed by atoms with Gasteiger partial charge in [0.2, 0.25) is 5.91 Å². The van der Waals surface area contributed by atoms with Gasteiger partial charge in [0.05, 0.1) is 0 Å². The van der Waals surface area contributed by atoms with Crippen LogP contribution in [0.1, 0.15) is 24.6 Å². The Hall–Kier alpha value is -1.13. The maximum atomic E-state index is 11.8. The molecule has 3 nitrogen and oxygen atoms in total. The van der Waals surface area contributed by atoms with Gasteiger partial charge in [0.15, 0.2) is 0 Å². The van der Waals surface area contributed by atoms with Crippen LogP contribution in [0.4, 0.5) is 0 Å². The van der Waals surface area contributed by atoms with Crippen LogP contribution in [0.3, 0.4) is 0 Å². The van der Waals surface area contributed by atoms with Crippen LogP contribution in [0, 0.1) is 0 Å². The molecule has 2 rings (SSSR count). The number of hydrogen-bond acceptors (Lipinski definition) is 3. The van der Waals surface area contributed by atoms with Gasteiger partial charge in [0.25, 0.3) is 0 Å². The second-order valence-corrected chi connectivity index (χ2v) is 5.63. The zero-order valence-corrected chi connectivity index (χ0v) is 10.8. The molecular formula is C13H18N2OS. The van der Waals surface area contributed by atoms with Gasteiger partial charge in [-0.15, -0.1) is 11.3 Å². The quantitative estimate of drug-likeness (QED) is 0.806. The van der Waals surface area contributed by atoms with E-state index in [1.807, 2.05) is 23.6 Å². The van der Waals surface area contributed by atoms with Crippen LogP contribution in [0.2, 0.25) is 0 Å². The standard InChI is InChI=1S/C13H18N2OS/c1-13(6-8-14-9-7-13)15-12(16)5-4-11-3-2-10-17-11/h2-5,10,14H,6-9H2,1H3,(H,15,16)/b5-4+. The zero-order valence-electron chi connectivity index (χ0n) is 10.0. The highest BCUT2D eigenvalue weighted by molar-refractivity contribution is 7.10. The van der Waals surface area contributed by atoms with Gasteiger partial charge in [-0.25, -0.2) is 0 Å². The monoisotopic (exact) mass is 250 g/mol. The Balaban J connectivity index is 1.88. The molecule has 17 heavy (non-hydrogen) atoms. The number of nitrogens with one attached hydrogen (secondary N) is 2. The van der Waals surface area contributed by atoms with Gasteiger partial charge in [-0.3, -0.25) is 4.79 Å². The van der Waals surface area contributed by atoms with Gasteiger partial charge in [0.1, 0.15) is 0 Å². The summed E-state index contributed by atoms with van der Waals surface area (Å²) in [5.41, 5.74) is -0.0534. The summed E-state index contributed by atoms with van der Waals surface area (Å²) in [7, 11) is 0. The Morgan fingerprint density at radius 2 is 2.29 bits per heavy atom. The molecule has 0 aromatic carbocycles. The first-order valence-corrected chi connectivity index (χ1v) is 6.80. The molecule has 1 aromatic heterocycles. The van der Waals surface area contributed by atoms with E-state index in [0.29, 0.717) is 0 Å². The lowest BCUT2D eigenvalue weighted by molar-refractivity contribution is -0.118. The van der Waals surface area contributed by atoms with Gasteiger partial charge in [0, 0.05) is 16.5 Å². The molecule has 1 aliphatic heterocycles. The molecule has 0 radical (unpaired) electrons. The van der Waals surface area contributed by atoms with Crippen molar-refractivity contribution in [3.8, 4) is 0 Å². The third kappa shape index (κ3) is 3.68. The molecule has 0 atom stereocenters. The van der Waals surface area contributed by atoms with E-state index in [1.165, 1.54) is 0 Å². The topological polar surface area (TPSA) is 41.1 Å². The van der Waals surface area contributed by atoms with Crippen molar-refractivity contribution in [1.29, 1.82) is 0 Å². The van der Waals surface area contributed by atoms with Crippen molar-refractivity contribution >= 4 is 23.3 Å². The first kappa shape index (κ1) is 12.3. The molecule has 0 aliphatic carbocycles. The van der Waals surface area contributed by atoms with Crippen LogP contribution in [-0.4, -0.2) is 24.5 Å². The van der Waals surface area contributed by atoms with Crippen molar-refractivity contribution in [2.24, 2.45) is 0 Å². The van der Waals surface area contributed by atoms with E-state index >= 15 is 0 Å². The Morgan fingerprint density at radius 1 is 1.53 bits per heavy atom. The lowest BCUT2D eigenvalue weighted by Gasteiger charge is -2.34. The van der Waals surface area contributed by atoms with E-state index < -0.39 is 0 Å². The first-order chi connectivity index (χ1) is 8.18. The van der Waals surface area contributed by atoms with Crippen molar-refractivity contribution in [1.82, 2.24) is 10.6 Å². The molecule has 92 valence electrons. The summed E-state index contributed by atoms with van der Waals surface area (Å²) in [6, 6.07) is 3.98. The fraction of sp³-hybridized carbons (Fsp3) is 0.462. The summed E-state index contributed by atoms with van der Waals surface area (Å²) in [6.07, 6.45) is 5.47. The highest BCUT2D eigenvalue weighted by Crippen LogP contribution is 2.17. The molecule has 0 spiro atoms. The summed E-state index contributed by atoms with van der Waals surface area (Å²) >= 11 is 1.63. The van der Waals surface area contributed by atoms with Gasteiger partial charge < -0.3 is 10.6 Å². The summed E-state index contributed by atoms with van der Waals surface area (Å²) in [4.78, 5) is 12.9. The Morgan fingerprint density at radius 3 is 2.94 bits per heavy atom. The highest BCUT2D eigenvalue weighted by atomic mass is 32.1. The fourth-order valence-corrected chi connectivity index (χ4v) is 2.60. The second-order valence-electron chi connectivity index (χ2n) is 4.65. The normalized spacial score (nSPS) is 19.4. The largest absolute Gasteiger partial charge is 0.347 e. The van der Waals surface area contributed by atoms with Crippen LogP contribution in [-0.2, 0) is 4.79 Å². The molecule has 2 N–H and O–H groups in total. The van der Waals surface area contributed by atoms with Crippen LogP contribution in [0.5, 0.6) is 0 Å². The minimum atomic E-state index is -0.0534. The van der Waals surface area contributed by atoms with E-state index in [-0.39, 0.29) is 11.4 Å². The lowest BCUT2D eigenvalue weighted by atomic mass is 9.90. The van der Waals surface area contributed by atoms with Gasteiger partial charge in [-0.05, 0) is 50.4 Å². The molecular weight excluding hydrogens is 232 g/mol. The third-order valence-corrected chi connectivity index (χ3v) is 3.91. The Kier molecular flexibility index (Phi) is 3.97. The van der Waals surface area contributed by atoms with Crippen LogP contribution in [0.25, 0.3) is 6.08 Å². The molecule has 4 heteroatoms. The number of hydrogen-bond donors (Lipinski definition) is 2. The summed E-state index contributed by atoms with van der Waals surface area (Å²) in [5.74, 6) is 0.00259. The van der Waals surface area contributed by atoms with Crippen LogP contribution >= 0.6 is 11.3 Å². The Bertz CT molecular complexity index is 392. The average molecular weight is 250 g/mol. The number of amides is 1. The minimum absolute atomic E-state index is 0.00259. The van der Waals surface area contributed by atoms with Crippen molar-refractivity contribution in [2.45, 2.75) is 25.3 Å². The second kappa shape index (κ2) is 5.47. The van der Waals surface area contributed by atoms with Gasteiger partial charge >= 0.3 is 0 Å². The van der Waals surface area contributed by atoms with Crippen molar-refractivity contribution in [3.63, 3.8) is 0 Å². The van der Waals surface area contributed by atoms with E-state index in [0.717, 1.165) is 30.8 Å². The Labute approximate surface area is 106 Å². The molecule has 1 aromatic rings. The molecule has 0 bridgehead atoms. The molecule has 1 saturated heterocycles. The summed E-state index contributed by atoms with van der Waals surface area (Å²) in [6.45, 7) is 4.07. The molecule has 2 heterocycles. The molecule has 1 fully saturated rings. The number of carbonyl (C=O) groups excluding carboxylic acids is 1. The van der Waals surface area contributed by atoms with E-state index in [2.05, 4.69) is 17.6 Å². The first-order valence-electron chi connectivity index (χ1n) is 5.92. The van der Waals surface area contributed by atoms with Crippen molar-refractivity contribution < 1.29 is 4.79 Å². The summed E-state index contributed by atoms with van der Waals surface area (Å²) in [5, 5.41) is 8.40. The molecule has 0 unspecified atom stereocenters. The SMILES string of the molecule is CC1(NC(=O)/C=C/c2cccs2)CCNCC1. The molecule has 0 saturated carbocycles. The minimum Gasteiger partial charge on any atom is -0.347 e. The number of carbonyl (C=O) groups is 1. The van der Waals surface area contributed by atoms with Crippen molar-refractivity contribution in [3.05, 3.63) is 28.5 Å². The van der Waals surface area contributed by atoms with Gasteiger partial charge in [-0.1, -0.05) is 6.07 Å². The predicted molar refractivity (Wildman–Crippen MR) is 72.0 cm³/mol. The van der Waals surface area contributed by atoms with Crippen molar-refractivity contribution in [2.75, 3.05) is 13.1 Å². The van der Waals surface area contributed by atoms with Gasteiger partial charge in [-0.2, -0.15) is 0 Å². The maximum Gasteiger partial charge on any atom is 0.244 e. The number of piperidine rings is 1. The maximum absolute atomic E-state index is 11.8. The number of rotatable bonds is 3. The highest BCUT2D eigenvalue weighted by Gasteiger charge is 2.27.